The second kappa shape index (κ2) is 6.74. The van der Waals surface area contributed by atoms with Crippen LogP contribution in [-0.2, 0) is 9.59 Å². The van der Waals surface area contributed by atoms with E-state index in [4.69, 9.17) is 11.6 Å². The maximum Gasteiger partial charge on any atom is 0.223 e. The molecule has 1 N–H and O–H groups in total. The summed E-state index contributed by atoms with van der Waals surface area (Å²) in [5.74, 6) is 1.06. The highest BCUT2D eigenvalue weighted by Gasteiger charge is 2.22. The number of alkyl halides is 1. The van der Waals surface area contributed by atoms with Gasteiger partial charge in [0.05, 0.1) is 0 Å². The van der Waals surface area contributed by atoms with Gasteiger partial charge in [0, 0.05) is 38.9 Å². The lowest BCUT2D eigenvalue weighted by molar-refractivity contribution is -0.132. The molecule has 0 aromatic carbocycles. The summed E-state index contributed by atoms with van der Waals surface area (Å²) in [4.78, 5) is 24.2. The van der Waals surface area contributed by atoms with Crippen molar-refractivity contribution < 1.29 is 9.59 Å². The predicted molar refractivity (Wildman–Crippen MR) is 63.3 cm³/mol. The molecule has 0 atom stereocenters. The molecule has 5 heteroatoms. The highest BCUT2D eigenvalue weighted by Crippen LogP contribution is 2.17. The summed E-state index contributed by atoms with van der Waals surface area (Å²) in [6.07, 6.45) is 2.36. The standard InChI is InChI=1S/C11H19ClN2O2/c1-9(15)13-8-10-3-6-14(7-4-10)11(16)2-5-12/h10H,2-8H2,1H3,(H,13,15). The number of nitrogens with zero attached hydrogens (tertiary/aromatic N) is 1. The van der Waals surface area contributed by atoms with E-state index < -0.39 is 0 Å². The van der Waals surface area contributed by atoms with Crippen LogP contribution in [0.4, 0.5) is 0 Å². The van der Waals surface area contributed by atoms with Crippen molar-refractivity contribution in [2.75, 3.05) is 25.5 Å². The Hall–Kier alpha value is -0.770. The third-order valence-corrected chi connectivity index (χ3v) is 3.10. The van der Waals surface area contributed by atoms with Crippen molar-refractivity contribution in [3.63, 3.8) is 0 Å². The third-order valence-electron chi connectivity index (χ3n) is 2.92. The second-order valence-corrected chi connectivity index (χ2v) is 4.58. The molecule has 0 bridgehead atoms. The van der Waals surface area contributed by atoms with Crippen LogP contribution < -0.4 is 5.32 Å². The largest absolute Gasteiger partial charge is 0.356 e. The van der Waals surface area contributed by atoms with Gasteiger partial charge in [0.25, 0.3) is 0 Å². The van der Waals surface area contributed by atoms with Gasteiger partial charge in [0.2, 0.25) is 11.8 Å². The SMILES string of the molecule is CC(=O)NCC1CCN(C(=O)CCCl)CC1. The van der Waals surface area contributed by atoms with Gasteiger partial charge in [-0.1, -0.05) is 0 Å². The van der Waals surface area contributed by atoms with Crippen LogP contribution in [-0.4, -0.2) is 42.2 Å². The molecule has 0 aromatic heterocycles. The molecule has 0 saturated carbocycles. The van der Waals surface area contributed by atoms with Crippen molar-refractivity contribution in [2.24, 2.45) is 5.92 Å². The van der Waals surface area contributed by atoms with Crippen LogP contribution in [0.1, 0.15) is 26.2 Å². The van der Waals surface area contributed by atoms with Crippen LogP contribution in [0, 0.1) is 5.92 Å². The van der Waals surface area contributed by atoms with Crippen LogP contribution in [0.5, 0.6) is 0 Å². The summed E-state index contributed by atoms with van der Waals surface area (Å²) in [7, 11) is 0. The van der Waals surface area contributed by atoms with Crippen molar-refractivity contribution in [3.8, 4) is 0 Å². The molecule has 0 aromatic rings. The van der Waals surface area contributed by atoms with Crippen molar-refractivity contribution >= 4 is 23.4 Å². The van der Waals surface area contributed by atoms with E-state index in [1.54, 1.807) is 0 Å². The first-order chi connectivity index (χ1) is 7.63. The molecule has 92 valence electrons. The van der Waals surface area contributed by atoms with E-state index in [0.29, 0.717) is 18.2 Å². The molecule has 1 aliphatic rings. The fourth-order valence-corrected chi connectivity index (χ4v) is 2.08. The molecule has 0 spiro atoms. The van der Waals surface area contributed by atoms with Gasteiger partial charge >= 0.3 is 0 Å². The number of likely N-dealkylation sites (tertiary alicyclic amines) is 1. The monoisotopic (exact) mass is 246 g/mol. The van der Waals surface area contributed by atoms with Gasteiger partial charge in [0.15, 0.2) is 0 Å². The minimum absolute atomic E-state index is 0.0145. The predicted octanol–water partition coefficient (Wildman–Crippen LogP) is 0.990. The number of halogens is 1. The Morgan fingerprint density at radius 2 is 2.00 bits per heavy atom. The summed E-state index contributed by atoms with van der Waals surface area (Å²) in [6.45, 7) is 3.84. The van der Waals surface area contributed by atoms with Gasteiger partial charge in [-0.15, -0.1) is 11.6 Å². The average molecular weight is 247 g/mol. The van der Waals surface area contributed by atoms with Crippen LogP contribution in [0.2, 0.25) is 0 Å². The molecule has 0 aliphatic carbocycles. The summed E-state index contributed by atoms with van der Waals surface area (Å²) in [5, 5.41) is 2.82. The van der Waals surface area contributed by atoms with Crippen LogP contribution in [0.25, 0.3) is 0 Å². The molecule has 1 aliphatic heterocycles. The van der Waals surface area contributed by atoms with Gasteiger partial charge in [0.1, 0.15) is 0 Å². The van der Waals surface area contributed by atoms with Crippen LogP contribution >= 0.6 is 11.6 Å². The Morgan fingerprint density at radius 1 is 1.38 bits per heavy atom. The lowest BCUT2D eigenvalue weighted by atomic mass is 9.96. The summed E-state index contributed by atoms with van der Waals surface area (Å²) in [5.41, 5.74) is 0. The zero-order chi connectivity index (χ0) is 12.0. The third kappa shape index (κ3) is 4.39. The van der Waals surface area contributed by atoms with Crippen molar-refractivity contribution in [3.05, 3.63) is 0 Å². The zero-order valence-corrected chi connectivity index (χ0v) is 10.4. The minimum atomic E-state index is 0.0145. The molecule has 1 heterocycles. The smallest absolute Gasteiger partial charge is 0.223 e. The first-order valence-electron chi connectivity index (χ1n) is 5.71. The molecule has 0 radical (unpaired) electrons. The van der Waals surface area contributed by atoms with Gasteiger partial charge in [-0.05, 0) is 18.8 Å². The highest BCUT2D eigenvalue weighted by molar-refractivity contribution is 6.18. The van der Waals surface area contributed by atoms with Gasteiger partial charge in [-0.3, -0.25) is 9.59 Å². The Balaban J connectivity index is 2.23. The molecule has 4 nitrogen and oxygen atoms in total. The first kappa shape index (κ1) is 13.3. The summed E-state index contributed by atoms with van der Waals surface area (Å²) >= 11 is 5.53. The van der Waals surface area contributed by atoms with Crippen molar-refractivity contribution in [1.82, 2.24) is 10.2 Å². The number of amides is 2. The van der Waals surface area contributed by atoms with Crippen molar-refractivity contribution in [2.45, 2.75) is 26.2 Å². The zero-order valence-electron chi connectivity index (χ0n) is 9.67. The number of hydrogen-bond donors (Lipinski definition) is 1. The fraction of sp³-hybridized carbons (Fsp3) is 0.818. The Labute approximate surface area is 101 Å². The Bertz CT molecular complexity index is 250. The average Bonchev–Trinajstić information content (AvgIpc) is 2.27. The lowest BCUT2D eigenvalue weighted by Gasteiger charge is -2.32. The van der Waals surface area contributed by atoms with Gasteiger partial charge in [-0.2, -0.15) is 0 Å². The molecule has 0 unspecified atom stereocenters. The first-order valence-corrected chi connectivity index (χ1v) is 6.25. The maximum atomic E-state index is 11.5. The Morgan fingerprint density at radius 3 is 2.50 bits per heavy atom. The van der Waals surface area contributed by atoms with Crippen LogP contribution in [0.3, 0.4) is 0 Å². The number of piperidine rings is 1. The number of rotatable bonds is 4. The molecular formula is C11H19ClN2O2. The Kier molecular flexibility index (Phi) is 5.60. The summed E-state index contributed by atoms with van der Waals surface area (Å²) in [6, 6.07) is 0. The number of hydrogen-bond acceptors (Lipinski definition) is 2. The molecule has 1 fully saturated rings. The molecule has 2 amide bonds. The summed E-state index contributed by atoms with van der Waals surface area (Å²) < 4.78 is 0. The van der Waals surface area contributed by atoms with Crippen molar-refractivity contribution in [1.29, 1.82) is 0 Å². The van der Waals surface area contributed by atoms with E-state index in [2.05, 4.69) is 5.32 Å². The molecule has 16 heavy (non-hydrogen) atoms. The van der Waals surface area contributed by atoms with E-state index in [0.717, 1.165) is 32.5 Å². The quantitative estimate of drug-likeness (QED) is 0.752. The lowest BCUT2D eigenvalue weighted by Crippen LogP contribution is -2.41. The molecule has 1 saturated heterocycles. The minimum Gasteiger partial charge on any atom is -0.356 e. The number of carbonyl (C=O) groups excluding carboxylic acids is 2. The number of carbonyl (C=O) groups is 2. The van der Waals surface area contributed by atoms with E-state index >= 15 is 0 Å². The molecule has 1 rings (SSSR count). The van der Waals surface area contributed by atoms with Gasteiger partial charge in [-0.25, -0.2) is 0 Å². The van der Waals surface area contributed by atoms with Gasteiger partial charge < -0.3 is 10.2 Å². The maximum absolute atomic E-state index is 11.5. The van der Waals surface area contributed by atoms with Crippen LogP contribution in [0.15, 0.2) is 0 Å². The highest BCUT2D eigenvalue weighted by atomic mass is 35.5. The normalized spacial score (nSPS) is 17.2. The topological polar surface area (TPSA) is 49.4 Å². The second-order valence-electron chi connectivity index (χ2n) is 4.20. The van der Waals surface area contributed by atoms with E-state index in [1.807, 2.05) is 4.90 Å². The fourth-order valence-electron chi connectivity index (χ4n) is 1.91. The number of nitrogens with one attached hydrogen (secondary N) is 1. The van der Waals surface area contributed by atoms with E-state index in [1.165, 1.54) is 6.92 Å². The molecular weight excluding hydrogens is 228 g/mol. The van der Waals surface area contributed by atoms with E-state index in [-0.39, 0.29) is 11.8 Å². The van der Waals surface area contributed by atoms with E-state index in [9.17, 15) is 9.59 Å².